The molecule has 1 unspecified atom stereocenters. The molecule has 0 spiro atoms. The van der Waals surface area contributed by atoms with Gasteiger partial charge in [-0.05, 0) is 31.7 Å². The molecule has 0 aromatic heterocycles. The monoisotopic (exact) mass is 428 g/mol. The van der Waals surface area contributed by atoms with Crippen molar-refractivity contribution in [3.8, 4) is 0 Å². The standard InChI is InChI=1S/C26H56O2Si/c1-9-12-13-14-15-16-17-18-19-20-21-22-23-29(27-10-2,28-11-3)26(7,8)25(6)24(4)5/h24-25H,9-23H2,1-8H3. The molecular weight excluding hydrogens is 372 g/mol. The van der Waals surface area contributed by atoms with Crippen molar-refractivity contribution in [1.29, 1.82) is 0 Å². The summed E-state index contributed by atoms with van der Waals surface area (Å²) in [6.07, 6.45) is 16.8. The van der Waals surface area contributed by atoms with Crippen LogP contribution in [0.2, 0.25) is 11.1 Å². The van der Waals surface area contributed by atoms with Crippen LogP contribution in [0.1, 0.15) is 132 Å². The average molecular weight is 429 g/mol. The molecule has 0 fully saturated rings. The van der Waals surface area contributed by atoms with Crippen LogP contribution in [0.25, 0.3) is 0 Å². The summed E-state index contributed by atoms with van der Waals surface area (Å²) in [6, 6.07) is 1.15. The average Bonchev–Trinajstić information content (AvgIpc) is 2.68. The Morgan fingerprint density at radius 3 is 1.34 bits per heavy atom. The second kappa shape index (κ2) is 16.8. The van der Waals surface area contributed by atoms with Crippen molar-refractivity contribution < 1.29 is 8.85 Å². The molecule has 176 valence electrons. The first-order chi connectivity index (χ1) is 13.8. The van der Waals surface area contributed by atoms with Crippen LogP contribution in [-0.2, 0) is 8.85 Å². The zero-order chi connectivity index (χ0) is 22.2. The van der Waals surface area contributed by atoms with E-state index in [1.165, 1.54) is 77.0 Å². The fourth-order valence-electron chi connectivity index (χ4n) is 4.73. The van der Waals surface area contributed by atoms with Crippen molar-refractivity contribution in [2.75, 3.05) is 13.2 Å². The lowest BCUT2D eigenvalue weighted by Crippen LogP contribution is -2.54. The van der Waals surface area contributed by atoms with E-state index < -0.39 is 8.56 Å². The maximum atomic E-state index is 6.52. The van der Waals surface area contributed by atoms with Gasteiger partial charge in [0.1, 0.15) is 0 Å². The summed E-state index contributed by atoms with van der Waals surface area (Å²) in [6.45, 7) is 20.0. The molecular formula is C26H56O2Si. The zero-order valence-corrected chi connectivity index (χ0v) is 22.6. The van der Waals surface area contributed by atoms with E-state index in [0.717, 1.165) is 19.3 Å². The Morgan fingerprint density at radius 2 is 1.00 bits per heavy atom. The summed E-state index contributed by atoms with van der Waals surface area (Å²) < 4.78 is 13.0. The molecule has 0 rings (SSSR count). The molecule has 0 aliphatic heterocycles. The van der Waals surface area contributed by atoms with Crippen molar-refractivity contribution in [3.63, 3.8) is 0 Å². The highest BCUT2D eigenvalue weighted by molar-refractivity contribution is 6.70. The lowest BCUT2D eigenvalue weighted by molar-refractivity contribution is 0.131. The van der Waals surface area contributed by atoms with Gasteiger partial charge in [0, 0.05) is 18.3 Å². The second-order valence-electron chi connectivity index (χ2n) is 10.0. The van der Waals surface area contributed by atoms with Crippen LogP contribution in [0.3, 0.4) is 0 Å². The molecule has 29 heavy (non-hydrogen) atoms. The van der Waals surface area contributed by atoms with Gasteiger partial charge in [-0.2, -0.15) is 0 Å². The van der Waals surface area contributed by atoms with E-state index in [9.17, 15) is 0 Å². The van der Waals surface area contributed by atoms with Crippen molar-refractivity contribution in [2.45, 2.75) is 144 Å². The Bertz CT molecular complexity index is 362. The summed E-state index contributed by atoms with van der Waals surface area (Å²) in [5, 5.41) is 0.130. The third-order valence-corrected chi connectivity index (χ3v) is 12.2. The summed E-state index contributed by atoms with van der Waals surface area (Å²) >= 11 is 0. The number of unbranched alkanes of at least 4 members (excludes halogenated alkanes) is 11. The van der Waals surface area contributed by atoms with Gasteiger partial charge in [0.25, 0.3) is 0 Å². The Hall–Kier alpha value is 0.137. The minimum Gasteiger partial charge on any atom is -0.394 e. The molecule has 0 aliphatic rings. The molecule has 0 saturated carbocycles. The second-order valence-corrected chi connectivity index (χ2v) is 13.9. The third-order valence-electron chi connectivity index (χ3n) is 7.23. The zero-order valence-electron chi connectivity index (χ0n) is 21.6. The molecule has 0 amide bonds. The fraction of sp³-hybridized carbons (Fsp3) is 1.00. The largest absolute Gasteiger partial charge is 0.394 e. The van der Waals surface area contributed by atoms with Gasteiger partial charge in [0.2, 0.25) is 0 Å². The SMILES string of the molecule is CCCCCCCCCCCCCC[Si](OCC)(OCC)C(C)(C)C(C)C(C)C. The fourth-order valence-corrected chi connectivity index (χ4v) is 9.16. The van der Waals surface area contributed by atoms with Gasteiger partial charge in [-0.15, -0.1) is 0 Å². The molecule has 0 aliphatic carbocycles. The first-order valence-corrected chi connectivity index (χ1v) is 15.1. The van der Waals surface area contributed by atoms with Crippen LogP contribution < -0.4 is 0 Å². The minimum absolute atomic E-state index is 0.130. The molecule has 0 radical (unpaired) electrons. The van der Waals surface area contributed by atoms with Crippen LogP contribution in [0.15, 0.2) is 0 Å². The maximum absolute atomic E-state index is 6.52. The van der Waals surface area contributed by atoms with Gasteiger partial charge in [-0.25, -0.2) is 0 Å². The van der Waals surface area contributed by atoms with Crippen LogP contribution in [0, 0.1) is 11.8 Å². The Balaban J connectivity index is 4.35. The third kappa shape index (κ3) is 10.8. The lowest BCUT2D eigenvalue weighted by atomic mass is 9.86. The van der Waals surface area contributed by atoms with Crippen LogP contribution in [-0.4, -0.2) is 21.8 Å². The van der Waals surface area contributed by atoms with Gasteiger partial charge in [-0.1, -0.05) is 119 Å². The number of hydrogen-bond donors (Lipinski definition) is 0. The molecule has 0 heterocycles. The quantitative estimate of drug-likeness (QED) is 0.142. The number of rotatable bonds is 20. The Labute approximate surface area is 186 Å². The molecule has 1 atom stereocenters. The van der Waals surface area contributed by atoms with Crippen molar-refractivity contribution in [2.24, 2.45) is 11.8 Å². The van der Waals surface area contributed by atoms with E-state index >= 15 is 0 Å². The predicted molar refractivity (Wildman–Crippen MR) is 133 cm³/mol. The molecule has 0 saturated heterocycles. The molecule has 0 bridgehead atoms. The van der Waals surface area contributed by atoms with Crippen molar-refractivity contribution in [3.05, 3.63) is 0 Å². The van der Waals surface area contributed by atoms with Crippen LogP contribution >= 0.6 is 0 Å². The molecule has 0 aromatic carbocycles. The predicted octanol–water partition coefficient (Wildman–Crippen LogP) is 9.28. The normalized spacial score (nSPS) is 14.0. The van der Waals surface area contributed by atoms with Gasteiger partial charge < -0.3 is 8.85 Å². The summed E-state index contributed by atoms with van der Waals surface area (Å²) in [5.74, 6) is 1.25. The highest BCUT2D eigenvalue weighted by Crippen LogP contribution is 2.50. The first-order valence-electron chi connectivity index (χ1n) is 13.1. The van der Waals surface area contributed by atoms with E-state index in [2.05, 4.69) is 55.4 Å². The van der Waals surface area contributed by atoms with Gasteiger partial charge in [0.05, 0.1) is 0 Å². The van der Waals surface area contributed by atoms with Gasteiger partial charge in [0.15, 0.2) is 0 Å². The summed E-state index contributed by atoms with van der Waals surface area (Å²) in [5.41, 5.74) is 0. The van der Waals surface area contributed by atoms with E-state index in [-0.39, 0.29) is 5.04 Å². The Kier molecular flexibility index (Phi) is 16.9. The van der Waals surface area contributed by atoms with Crippen molar-refractivity contribution in [1.82, 2.24) is 0 Å². The van der Waals surface area contributed by atoms with Crippen LogP contribution in [0.5, 0.6) is 0 Å². The summed E-state index contributed by atoms with van der Waals surface area (Å²) in [7, 11) is -2.25. The molecule has 2 nitrogen and oxygen atoms in total. The van der Waals surface area contributed by atoms with Crippen molar-refractivity contribution >= 4 is 8.56 Å². The van der Waals surface area contributed by atoms with Gasteiger partial charge in [-0.3, -0.25) is 0 Å². The molecule has 0 aromatic rings. The first kappa shape index (κ1) is 29.1. The van der Waals surface area contributed by atoms with E-state index in [1.54, 1.807) is 0 Å². The molecule has 0 N–H and O–H groups in total. The summed E-state index contributed by atoms with van der Waals surface area (Å²) in [4.78, 5) is 0. The highest BCUT2D eigenvalue weighted by atomic mass is 28.4. The smallest absolute Gasteiger partial charge is 0.344 e. The van der Waals surface area contributed by atoms with Gasteiger partial charge >= 0.3 is 8.56 Å². The van der Waals surface area contributed by atoms with E-state index in [1.807, 2.05) is 0 Å². The lowest BCUT2D eigenvalue weighted by Gasteiger charge is -2.47. The minimum atomic E-state index is -2.25. The van der Waals surface area contributed by atoms with Crippen LogP contribution in [0.4, 0.5) is 0 Å². The van der Waals surface area contributed by atoms with E-state index in [4.69, 9.17) is 8.85 Å². The van der Waals surface area contributed by atoms with E-state index in [0.29, 0.717) is 11.8 Å². The maximum Gasteiger partial charge on any atom is 0.344 e. The topological polar surface area (TPSA) is 18.5 Å². The Morgan fingerprint density at radius 1 is 0.621 bits per heavy atom. The number of hydrogen-bond acceptors (Lipinski definition) is 2. The highest BCUT2D eigenvalue weighted by Gasteiger charge is 2.54. The molecule has 3 heteroatoms.